The van der Waals surface area contributed by atoms with Crippen molar-refractivity contribution in [2.75, 3.05) is 13.2 Å². The van der Waals surface area contributed by atoms with Gasteiger partial charge in [-0.15, -0.1) is 0 Å². The van der Waals surface area contributed by atoms with Crippen molar-refractivity contribution in [3.63, 3.8) is 0 Å². The molecule has 2 nitrogen and oxygen atoms in total. The molecular formula is C18H28O2. The van der Waals surface area contributed by atoms with E-state index in [0.29, 0.717) is 13.0 Å². The maximum atomic E-state index is 11.9. The summed E-state index contributed by atoms with van der Waals surface area (Å²) in [5.74, 6) is 0.160. The number of hydrogen-bond acceptors (Lipinski definition) is 2. The first-order valence-electron chi connectivity index (χ1n) is 7.45. The Bertz CT molecular complexity index is 444. The Kier molecular flexibility index (Phi) is 5.94. The van der Waals surface area contributed by atoms with E-state index in [9.17, 15) is 4.79 Å². The topological polar surface area (TPSA) is 26.3 Å². The van der Waals surface area contributed by atoms with Crippen molar-refractivity contribution < 1.29 is 9.53 Å². The lowest BCUT2D eigenvalue weighted by molar-refractivity contribution is -0.122. The van der Waals surface area contributed by atoms with Crippen LogP contribution in [0.1, 0.15) is 56.4 Å². The molecule has 0 unspecified atom stereocenters. The van der Waals surface area contributed by atoms with E-state index in [1.807, 2.05) is 6.92 Å². The van der Waals surface area contributed by atoms with Gasteiger partial charge in [-0.05, 0) is 47.9 Å². The second-order valence-corrected chi connectivity index (χ2v) is 6.61. The van der Waals surface area contributed by atoms with Crippen LogP contribution in [0.2, 0.25) is 0 Å². The van der Waals surface area contributed by atoms with E-state index in [0.717, 1.165) is 12.0 Å². The third kappa shape index (κ3) is 4.75. The highest BCUT2D eigenvalue weighted by molar-refractivity contribution is 5.82. The van der Waals surface area contributed by atoms with E-state index in [-0.39, 0.29) is 17.8 Å². The predicted octanol–water partition coefficient (Wildman–Crippen LogP) is 4.14. The quantitative estimate of drug-likeness (QED) is 0.730. The van der Waals surface area contributed by atoms with Crippen LogP contribution in [0.4, 0.5) is 0 Å². The van der Waals surface area contributed by atoms with Gasteiger partial charge in [0.2, 0.25) is 0 Å². The number of hydrogen-bond donors (Lipinski definition) is 0. The molecule has 0 saturated carbocycles. The molecule has 20 heavy (non-hydrogen) atoms. The summed E-state index contributed by atoms with van der Waals surface area (Å²) in [7, 11) is 0. The number of Topliss-reactive ketones (excluding diaryl/α,β-unsaturated/α-hetero) is 1. The molecule has 0 radical (unpaired) electrons. The summed E-state index contributed by atoms with van der Waals surface area (Å²) < 4.78 is 5.32. The smallest absolute Gasteiger partial charge is 0.162 e. The number of benzene rings is 1. The zero-order chi connectivity index (χ0) is 15.3. The molecule has 0 aliphatic carbocycles. The molecule has 2 heteroatoms. The SMILES string of the molecule is CCCOCC(=O)Cc1c(C)cc(C(C)(C)C)cc1C. The van der Waals surface area contributed by atoms with Crippen LogP contribution in [0, 0.1) is 13.8 Å². The average molecular weight is 276 g/mol. The summed E-state index contributed by atoms with van der Waals surface area (Å²) in [6, 6.07) is 4.42. The largest absolute Gasteiger partial charge is 0.374 e. The number of aryl methyl sites for hydroxylation is 2. The lowest BCUT2D eigenvalue weighted by Gasteiger charge is -2.22. The fourth-order valence-corrected chi connectivity index (χ4v) is 2.28. The molecule has 0 aromatic heterocycles. The Morgan fingerprint density at radius 3 is 2.15 bits per heavy atom. The van der Waals surface area contributed by atoms with Crippen molar-refractivity contribution in [3.05, 3.63) is 34.4 Å². The standard InChI is InChI=1S/C18H28O2/c1-7-8-20-12-16(19)11-17-13(2)9-15(10-14(17)3)18(4,5)6/h9-10H,7-8,11-12H2,1-6H3. The van der Waals surface area contributed by atoms with E-state index in [2.05, 4.69) is 46.8 Å². The highest BCUT2D eigenvalue weighted by atomic mass is 16.5. The Hall–Kier alpha value is -1.15. The Balaban J connectivity index is 2.84. The molecule has 112 valence electrons. The zero-order valence-corrected chi connectivity index (χ0v) is 13.8. The van der Waals surface area contributed by atoms with Gasteiger partial charge in [0.1, 0.15) is 6.61 Å². The van der Waals surface area contributed by atoms with Gasteiger partial charge in [-0.3, -0.25) is 4.79 Å². The fourth-order valence-electron chi connectivity index (χ4n) is 2.28. The van der Waals surface area contributed by atoms with Crippen LogP contribution in [-0.4, -0.2) is 19.0 Å². The molecule has 0 aliphatic rings. The van der Waals surface area contributed by atoms with E-state index in [1.54, 1.807) is 0 Å². The minimum atomic E-state index is 0.141. The van der Waals surface area contributed by atoms with Gasteiger partial charge in [0.05, 0.1) is 0 Å². The van der Waals surface area contributed by atoms with Gasteiger partial charge in [0, 0.05) is 13.0 Å². The third-order valence-electron chi connectivity index (χ3n) is 3.55. The zero-order valence-electron chi connectivity index (χ0n) is 13.8. The van der Waals surface area contributed by atoms with Crippen LogP contribution in [-0.2, 0) is 21.4 Å². The Morgan fingerprint density at radius 1 is 1.15 bits per heavy atom. The number of ketones is 1. The molecule has 0 atom stereocenters. The van der Waals surface area contributed by atoms with Gasteiger partial charge in [-0.25, -0.2) is 0 Å². The van der Waals surface area contributed by atoms with Gasteiger partial charge >= 0.3 is 0 Å². The number of rotatable bonds is 6. The Labute approximate surface area is 123 Å². The number of carbonyl (C=O) groups excluding carboxylic acids is 1. The van der Waals surface area contributed by atoms with E-state index in [4.69, 9.17) is 4.74 Å². The molecule has 0 fully saturated rings. The van der Waals surface area contributed by atoms with Crippen molar-refractivity contribution in [3.8, 4) is 0 Å². The van der Waals surface area contributed by atoms with Crippen LogP contribution in [0.25, 0.3) is 0 Å². The lowest BCUT2D eigenvalue weighted by Crippen LogP contribution is -2.16. The van der Waals surface area contributed by atoms with Crippen molar-refractivity contribution in [2.45, 2.75) is 59.8 Å². The molecule has 0 saturated heterocycles. The second-order valence-electron chi connectivity index (χ2n) is 6.61. The molecule has 0 spiro atoms. The summed E-state index contributed by atoms with van der Waals surface area (Å²) in [4.78, 5) is 11.9. The summed E-state index contributed by atoms with van der Waals surface area (Å²) in [5.41, 5.74) is 5.04. The first-order valence-corrected chi connectivity index (χ1v) is 7.45. The van der Waals surface area contributed by atoms with Gasteiger partial charge in [-0.1, -0.05) is 39.8 Å². The summed E-state index contributed by atoms with van der Waals surface area (Å²) in [6.07, 6.45) is 1.43. The highest BCUT2D eigenvalue weighted by Crippen LogP contribution is 2.27. The lowest BCUT2D eigenvalue weighted by atomic mass is 9.83. The molecule has 0 aliphatic heterocycles. The fraction of sp³-hybridized carbons (Fsp3) is 0.611. The molecular weight excluding hydrogens is 248 g/mol. The minimum Gasteiger partial charge on any atom is -0.374 e. The molecule has 1 aromatic rings. The molecule has 1 aromatic carbocycles. The predicted molar refractivity (Wildman–Crippen MR) is 84.4 cm³/mol. The van der Waals surface area contributed by atoms with Crippen molar-refractivity contribution in [1.29, 1.82) is 0 Å². The van der Waals surface area contributed by atoms with Crippen molar-refractivity contribution >= 4 is 5.78 Å². The minimum absolute atomic E-state index is 0.141. The third-order valence-corrected chi connectivity index (χ3v) is 3.55. The normalized spacial score (nSPS) is 11.7. The summed E-state index contributed by atoms with van der Waals surface area (Å²) in [5, 5.41) is 0. The van der Waals surface area contributed by atoms with Crippen molar-refractivity contribution in [2.24, 2.45) is 0 Å². The van der Waals surface area contributed by atoms with Crippen LogP contribution >= 0.6 is 0 Å². The van der Waals surface area contributed by atoms with E-state index < -0.39 is 0 Å². The summed E-state index contributed by atoms with van der Waals surface area (Å²) >= 11 is 0. The molecule has 0 amide bonds. The van der Waals surface area contributed by atoms with Crippen LogP contribution in [0.15, 0.2) is 12.1 Å². The van der Waals surface area contributed by atoms with Crippen molar-refractivity contribution in [1.82, 2.24) is 0 Å². The highest BCUT2D eigenvalue weighted by Gasteiger charge is 2.17. The van der Waals surface area contributed by atoms with Crippen LogP contribution in [0.5, 0.6) is 0 Å². The molecule has 0 heterocycles. The van der Waals surface area contributed by atoms with Crippen LogP contribution < -0.4 is 0 Å². The van der Waals surface area contributed by atoms with Gasteiger partial charge < -0.3 is 4.74 Å². The molecule has 0 N–H and O–H groups in total. The van der Waals surface area contributed by atoms with Gasteiger partial charge in [-0.2, -0.15) is 0 Å². The molecule has 0 bridgehead atoms. The van der Waals surface area contributed by atoms with Gasteiger partial charge in [0.25, 0.3) is 0 Å². The van der Waals surface area contributed by atoms with E-state index >= 15 is 0 Å². The summed E-state index contributed by atoms with van der Waals surface area (Å²) in [6.45, 7) is 13.8. The van der Waals surface area contributed by atoms with E-state index in [1.165, 1.54) is 16.7 Å². The maximum absolute atomic E-state index is 11.9. The van der Waals surface area contributed by atoms with Gasteiger partial charge in [0.15, 0.2) is 5.78 Å². The number of ether oxygens (including phenoxy) is 1. The molecule has 1 rings (SSSR count). The monoisotopic (exact) mass is 276 g/mol. The first kappa shape index (κ1) is 16.9. The Morgan fingerprint density at radius 2 is 1.70 bits per heavy atom. The second kappa shape index (κ2) is 7.03. The average Bonchev–Trinajstić information content (AvgIpc) is 2.32. The maximum Gasteiger partial charge on any atom is 0.162 e. The van der Waals surface area contributed by atoms with Crippen LogP contribution in [0.3, 0.4) is 0 Å². The first-order chi connectivity index (χ1) is 9.25. The number of carbonyl (C=O) groups is 1.